The SMILES string of the molecule is C=CC=C(CN(C)C(C)CN(C)C)C(C)C(F)(F)F. The molecule has 0 N–H and O–H groups in total. The summed E-state index contributed by atoms with van der Waals surface area (Å²) in [5, 5.41) is 0. The predicted octanol–water partition coefficient (Wildman–Crippen LogP) is 3.18. The number of halogens is 3. The molecule has 2 atom stereocenters. The topological polar surface area (TPSA) is 6.48 Å². The molecule has 2 unspecified atom stereocenters. The lowest BCUT2D eigenvalue weighted by molar-refractivity contribution is -0.160. The van der Waals surface area contributed by atoms with E-state index in [4.69, 9.17) is 0 Å². The van der Waals surface area contributed by atoms with E-state index in [-0.39, 0.29) is 6.04 Å². The molecule has 0 amide bonds. The molecule has 0 saturated carbocycles. The molecule has 0 saturated heterocycles. The maximum Gasteiger partial charge on any atom is 0.395 e. The molecular weight excluding hydrogens is 253 g/mol. The number of rotatable bonds is 7. The van der Waals surface area contributed by atoms with Gasteiger partial charge in [0.25, 0.3) is 0 Å². The van der Waals surface area contributed by atoms with Crippen molar-refractivity contribution in [2.24, 2.45) is 5.92 Å². The summed E-state index contributed by atoms with van der Waals surface area (Å²) < 4.78 is 38.3. The highest BCUT2D eigenvalue weighted by Crippen LogP contribution is 2.31. The molecule has 0 aromatic heterocycles. The highest BCUT2D eigenvalue weighted by atomic mass is 19.4. The van der Waals surface area contributed by atoms with Gasteiger partial charge in [0, 0.05) is 19.1 Å². The van der Waals surface area contributed by atoms with Gasteiger partial charge in [-0.1, -0.05) is 18.7 Å². The molecule has 0 aromatic carbocycles. The van der Waals surface area contributed by atoms with Gasteiger partial charge in [0.2, 0.25) is 0 Å². The van der Waals surface area contributed by atoms with Gasteiger partial charge in [-0.3, -0.25) is 4.90 Å². The van der Waals surface area contributed by atoms with Crippen LogP contribution >= 0.6 is 0 Å². The third-order valence-corrected chi connectivity index (χ3v) is 3.19. The Hall–Kier alpha value is -0.810. The second-order valence-corrected chi connectivity index (χ2v) is 5.27. The van der Waals surface area contributed by atoms with Crippen LogP contribution in [0.1, 0.15) is 13.8 Å². The second kappa shape index (κ2) is 7.70. The van der Waals surface area contributed by atoms with Gasteiger partial charge in [0.05, 0.1) is 5.92 Å². The van der Waals surface area contributed by atoms with Gasteiger partial charge in [-0.05, 0) is 40.6 Å². The zero-order chi connectivity index (χ0) is 15.2. The van der Waals surface area contributed by atoms with E-state index in [9.17, 15) is 13.2 Å². The largest absolute Gasteiger partial charge is 0.395 e. The number of nitrogens with zero attached hydrogens (tertiary/aromatic N) is 2. The molecule has 19 heavy (non-hydrogen) atoms. The van der Waals surface area contributed by atoms with E-state index in [2.05, 4.69) is 6.58 Å². The minimum Gasteiger partial charge on any atom is -0.308 e. The van der Waals surface area contributed by atoms with Crippen molar-refractivity contribution in [3.05, 3.63) is 24.3 Å². The summed E-state index contributed by atoms with van der Waals surface area (Å²) in [6.07, 6.45) is -1.32. The number of hydrogen-bond donors (Lipinski definition) is 0. The lowest BCUT2D eigenvalue weighted by atomic mass is 9.99. The molecule has 0 spiro atoms. The van der Waals surface area contributed by atoms with Crippen LogP contribution in [0.15, 0.2) is 24.3 Å². The number of alkyl halides is 3. The normalized spacial score (nSPS) is 16.8. The van der Waals surface area contributed by atoms with E-state index in [1.165, 1.54) is 19.1 Å². The molecule has 0 aromatic rings. The lowest BCUT2D eigenvalue weighted by Gasteiger charge is -2.30. The Bertz CT molecular complexity index is 308. The Labute approximate surface area is 114 Å². The fraction of sp³-hybridized carbons (Fsp3) is 0.714. The Balaban J connectivity index is 4.78. The minimum atomic E-state index is -4.21. The van der Waals surface area contributed by atoms with Crippen LogP contribution in [0.5, 0.6) is 0 Å². The van der Waals surface area contributed by atoms with Crippen LogP contribution in [0.4, 0.5) is 13.2 Å². The fourth-order valence-electron chi connectivity index (χ4n) is 1.81. The molecule has 0 bridgehead atoms. The van der Waals surface area contributed by atoms with Crippen LogP contribution < -0.4 is 0 Å². The van der Waals surface area contributed by atoms with Crippen molar-refractivity contribution in [1.82, 2.24) is 9.80 Å². The van der Waals surface area contributed by atoms with E-state index < -0.39 is 12.1 Å². The van der Waals surface area contributed by atoms with Crippen LogP contribution in [0, 0.1) is 5.92 Å². The first-order chi connectivity index (χ1) is 8.59. The summed E-state index contributed by atoms with van der Waals surface area (Å²) in [6, 6.07) is 0.184. The van der Waals surface area contributed by atoms with Gasteiger partial charge < -0.3 is 4.90 Å². The smallest absolute Gasteiger partial charge is 0.308 e. The van der Waals surface area contributed by atoms with Crippen molar-refractivity contribution >= 4 is 0 Å². The Morgan fingerprint density at radius 3 is 2.11 bits per heavy atom. The minimum absolute atomic E-state index is 0.184. The molecule has 0 aliphatic rings. The monoisotopic (exact) mass is 278 g/mol. The third kappa shape index (κ3) is 6.78. The van der Waals surface area contributed by atoms with E-state index in [1.807, 2.05) is 37.9 Å². The van der Waals surface area contributed by atoms with E-state index >= 15 is 0 Å². The van der Waals surface area contributed by atoms with E-state index in [0.29, 0.717) is 12.1 Å². The van der Waals surface area contributed by atoms with Crippen molar-refractivity contribution < 1.29 is 13.2 Å². The van der Waals surface area contributed by atoms with Crippen molar-refractivity contribution in [3.8, 4) is 0 Å². The van der Waals surface area contributed by atoms with Gasteiger partial charge >= 0.3 is 6.18 Å². The highest BCUT2D eigenvalue weighted by molar-refractivity contribution is 5.16. The van der Waals surface area contributed by atoms with Crippen LogP contribution in [-0.4, -0.2) is 56.3 Å². The Kier molecular flexibility index (Phi) is 7.37. The molecule has 0 radical (unpaired) electrons. The summed E-state index contributed by atoms with van der Waals surface area (Å²) in [7, 11) is 5.74. The standard InChI is InChI=1S/C14H25F3N2/c1-7-8-13(12(3)14(15,16)17)10-19(6)11(2)9-18(4)5/h7-8,11-12H,1,9-10H2,2-6H3. The number of likely N-dealkylation sites (N-methyl/N-ethyl adjacent to an activating group) is 2. The molecule has 0 aliphatic carbocycles. The van der Waals surface area contributed by atoms with E-state index in [1.54, 1.807) is 0 Å². The molecule has 0 aliphatic heterocycles. The fourth-order valence-corrected chi connectivity index (χ4v) is 1.81. The van der Waals surface area contributed by atoms with Crippen molar-refractivity contribution in [2.75, 3.05) is 34.2 Å². The van der Waals surface area contributed by atoms with Crippen molar-refractivity contribution in [3.63, 3.8) is 0 Å². The summed E-state index contributed by atoms with van der Waals surface area (Å²) in [6.45, 7) is 7.79. The van der Waals surface area contributed by atoms with Gasteiger partial charge in [-0.2, -0.15) is 13.2 Å². The van der Waals surface area contributed by atoms with Gasteiger partial charge in [0.1, 0.15) is 0 Å². The zero-order valence-electron chi connectivity index (χ0n) is 12.5. The highest BCUT2D eigenvalue weighted by Gasteiger charge is 2.38. The molecule has 5 heteroatoms. The summed E-state index contributed by atoms with van der Waals surface area (Å²) in [5.74, 6) is -1.44. The molecule has 0 rings (SSSR count). The van der Waals surface area contributed by atoms with Crippen LogP contribution in [-0.2, 0) is 0 Å². The van der Waals surface area contributed by atoms with Gasteiger partial charge in [-0.15, -0.1) is 0 Å². The molecule has 0 fully saturated rings. The van der Waals surface area contributed by atoms with Crippen molar-refractivity contribution in [2.45, 2.75) is 26.1 Å². The first-order valence-corrected chi connectivity index (χ1v) is 6.32. The summed E-state index contributed by atoms with van der Waals surface area (Å²) in [5.41, 5.74) is 0.343. The first-order valence-electron chi connectivity index (χ1n) is 6.32. The van der Waals surface area contributed by atoms with Crippen LogP contribution in [0.2, 0.25) is 0 Å². The van der Waals surface area contributed by atoms with E-state index in [0.717, 1.165) is 6.54 Å². The number of allylic oxidation sites excluding steroid dienone is 2. The summed E-state index contributed by atoms with van der Waals surface area (Å²) >= 11 is 0. The molecule has 0 heterocycles. The average Bonchev–Trinajstić information content (AvgIpc) is 2.25. The maximum absolute atomic E-state index is 12.8. The molecule has 2 nitrogen and oxygen atoms in total. The average molecular weight is 278 g/mol. The third-order valence-electron chi connectivity index (χ3n) is 3.19. The number of hydrogen-bond acceptors (Lipinski definition) is 2. The van der Waals surface area contributed by atoms with Crippen molar-refractivity contribution in [1.29, 1.82) is 0 Å². The van der Waals surface area contributed by atoms with Crippen LogP contribution in [0.3, 0.4) is 0 Å². The first kappa shape index (κ1) is 18.2. The quantitative estimate of drug-likeness (QED) is 0.660. The van der Waals surface area contributed by atoms with Gasteiger partial charge in [0.15, 0.2) is 0 Å². The second-order valence-electron chi connectivity index (χ2n) is 5.27. The maximum atomic E-state index is 12.8. The van der Waals surface area contributed by atoms with Gasteiger partial charge in [-0.25, -0.2) is 0 Å². The Morgan fingerprint density at radius 1 is 1.21 bits per heavy atom. The molecular formula is C14H25F3N2. The Morgan fingerprint density at radius 2 is 1.74 bits per heavy atom. The summed E-state index contributed by atoms with van der Waals surface area (Å²) in [4.78, 5) is 3.95. The molecule has 112 valence electrons. The van der Waals surface area contributed by atoms with Crippen LogP contribution in [0.25, 0.3) is 0 Å². The predicted molar refractivity (Wildman–Crippen MR) is 74.1 cm³/mol. The lowest BCUT2D eigenvalue weighted by Crippen LogP contribution is -2.40. The zero-order valence-corrected chi connectivity index (χ0v) is 12.5.